The Balaban J connectivity index is 1.71. The molecule has 1 nitrogen and oxygen atoms in total. The third kappa shape index (κ3) is 3.51. The fourth-order valence-electron chi connectivity index (χ4n) is 6.05. The lowest BCUT2D eigenvalue weighted by Crippen LogP contribution is -2.46. The molecule has 5 aromatic rings. The molecule has 2 unspecified atom stereocenters. The monoisotopic (exact) mass is 577 g/mol. The van der Waals surface area contributed by atoms with Crippen LogP contribution in [0, 0.1) is 0 Å². The van der Waals surface area contributed by atoms with E-state index in [2.05, 4.69) is 147 Å². The summed E-state index contributed by atoms with van der Waals surface area (Å²) in [6.07, 6.45) is 0. The summed E-state index contributed by atoms with van der Waals surface area (Å²) in [5.41, 5.74) is 4.83. The molecule has 7 rings (SSSR count). The first kappa shape index (κ1) is 25.2. The third-order valence-corrected chi connectivity index (χ3v) is 17.8. The van der Waals surface area contributed by atoms with E-state index in [1.165, 1.54) is 54.5 Å². The molecule has 0 saturated carbocycles. The van der Waals surface area contributed by atoms with E-state index in [9.17, 15) is 0 Å². The lowest BCUT2D eigenvalue weighted by molar-refractivity contribution is 0.591. The second-order valence-corrected chi connectivity index (χ2v) is 20.0. The number of hydrogen-bond donors (Lipinski definition) is 0. The van der Waals surface area contributed by atoms with Crippen LogP contribution in [0.25, 0.3) is 0 Å². The van der Waals surface area contributed by atoms with E-state index >= 15 is 0 Å². The fourth-order valence-corrected chi connectivity index (χ4v) is 14.7. The van der Waals surface area contributed by atoms with Gasteiger partial charge in [0.25, 0.3) is 0 Å². The van der Waals surface area contributed by atoms with Gasteiger partial charge in [0.1, 0.15) is 0 Å². The second kappa shape index (κ2) is 8.85. The number of hydrogen-bond acceptors (Lipinski definition) is 3. The molecule has 0 fully saturated rings. The lowest BCUT2D eigenvalue weighted by Gasteiger charge is -2.47. The molecule has 2 aliphatic heterocycles. The highest BCUT2D eigenvalue weighted by molar-refractivity contribution is 8.27. The Hall–Kier alpha value is -2.80. The minimum Gasteiger partial charge on any atom is -0.308 e. The summed E-state index contributed by atoms with van der Waals surface area (Å²) in [4.78, 5) is 2.47. The standard InChI is InChI=1S/C34H29NP2S2/c1-34(2,3)24-22-31-33-32(23-24)37(39,26-16-8-5-9-17-26)30-21-13-11-19-28(30)35(33)27-18-10-12-20-29(27)36(31,38)25-14-6-4-7-15-25/h4-23H,1-3H3. The minimum atomic E-state index is -2.38. The van der Waals surface area contributed by atoms with Gasteiger partial charge >= 0.3 is 0 Å². The first-order valence-electron chi connectivity index (χ1n) is 13.3. The smallest absolute Gasteiger partial charge is 0.0644 e. The van der Waals surface area contributed by atoms with Gasteiger partial charge in [0, 0.05) is 33.3 Å². The third-order valence-electron chi connectivity index (χ3n) is 8.00. The average molecular weight is 578 g/mol. The van der Waals surface area contributed by atoms with E-state index in [0.717, 1.165) is 0 Å². The van der Waals surface area contributed by atoms with E-state index in [4.69, 9.17) is 23.6 Å². The molecule has 0 radical (unpaired) electrons. The molecule has 39 heavy (non-hydrogen) atoms. The second-order valence-electron chi connectivity index (χ2n) is 11.3. The van der Waals surface area contributed by atoms with Crippen molar-refractivity contribution in [1.29, 1.82) is 0 Å². The molecular formula is C34H29NP2S2. The maximum absolute atomic E-state index is 6.95. The van der Waals surface area contributed by atoms with Crippen LogP contribution in [0.5, 0.6) is 0 Å². The molecule has 0 aliphatic carbocycles. The first-order chi connectivity index (χ1) is 18.8. The molecule has 0 bridgehead atoms. The topological polar surface area (TPSA) is 3.24 Å². The summed E-state index contributed by atoms with van der Waals surface area (Å²) < 4.78 is 0. The largest absolute Gasteiger partial charge is 0.308 e. The number of nitrogens with zero attached hydrogens (tertiary/aromatic N) is 1. The number of benzene rings is 5. The molecule has 2 heterocycles. The molecule has 2 aliphatic rings. The van der Waals surface area contributed by atoms with E-state index < -0.39 is 12.1 Å². The molecule has 5 aromatic carbocycles. The highest BCUT2D eigenvalue weighted by atomic mass is 32.4. The van der Waals surface area contributed by atoms with Gasteiger partial charge < -0.3 is 4.90 Å². The molecule has 0 spiro atoms. The van der Waals surface area contributed by atoms with Gasteiger partial charge in [-0.3, -0.25) is 0 Å². The number of rotatable bonds is 2. The highest BCUT2D eigenvalue weighted by Gasteiger charge is 2.46. The molecule has 0 N–H and O–H groups in total. The Morgan fingerprint density at radius 2 is 0.897 bits per heavy atom. The van der Waals surface area contributed by atoms with Gasteiger partial charge in [0.05, 0.1) is 17.1 Å². The van der Waals surface area contributed by atoms with Gasteiger partial charge in [-0.05, 0) is 45.9 Å². The zero-order chi connectivity index (χ0) is 27.0. The van der Waals surface area contributed by atoms with Crippen molar-refractivity contribution in [3.8, 4) is 0 Å². The van der Waals surface area contributed by atoms with E-state index in [1.807, 2.05) is 0 Å². The molecule has 0 saturated heterocycles. The number of anilines is 3. The van der Waals surface area contributed by atoms with E-state index in [0.29, 0.717) is 0 Å². The summed E-state index contributed by atoms with van der Waals surface area (Å²) >= 11 is 13.9. The normalized spacial score (nSPS) is 21.1. The van der Waals surface area contributed by atoms with Gasteiger partial charge in [0.15, 0.2) is 0 Å². The maximum atomic E-state index is 6.95. The van der Waals surface area contributed by atoms with Gasteiger partial charge in [-0.2, -0.15) is 0 Å². The first-order valence-corrected chi connectivity index (χ1v) is 18.9. The SMILES string of the molecule is CC(C)(C)c1cc2c3c(c1)P(=S)(c1ccccc1)c1ccccc1N3c1ccccc1P2(=S)c1ccccc1. The molecule has 192 valence electrons. The van der Waals surface area contributed by atoms with Gasteiger partial charge in [-0.25, -0.2) is 0 Å². The van der Waals surface area contributed by atoms with Crippen LogP contribution in [-0.4, -0.2) is 0 Å². The van der Waals surface area contributed by atoms with Crippen LogP contribution in [-0.2, 0) is 29.0 Å². The summed E-state index contributed by atoms with van der Waals surface area (Å²) in [5, 5.41) is 7.49. The van der Waals surface area contributed by atoms with Crippen molar-refractivity contribution in [2.75, 3.05) is 4.90 Å². The maximum Gasteiger partial charge on any atom is 0.0644 e. The Labute approximate surface area is 241 Å². The Bertz CT molecular complexity index is 1730. The number of fused-ring (bicyclic) bond motifs is 4. The van der Waals surface area contributed by atoms with Crippen molar-refractivity contribution in [2.24, 2.45) is 0 Å². The van der Waals surface area contributed by atoms with E-state index in [-0.39, 0.29) is 5.41 Å². The summed E-state index contributed by atoms with van der Waals surface area (Å²) in [6.45, 7) is 6.89. The predicted octanol–water partition coefficient (Wildman–Crippen LogP) is 6.59. The fraction of sp³-hybridized carbons (Fsp3) is 0.118. The summed E-state index contributed by atoms with van der Waals surface area (Å²) in [7, 11) is 0. The molecule has 2 atom stereocenters. The molecule has 5 heteroatoms. The summed E-state index contributed by atoms with van der Waals surface area (Å²) in [6, 6.07) is 39.3. The van der Waals surface area contributed by atoms with Crippen LogP contribution < -0.4 is 36.7 Å². The highest BCUT2D eigenvalue weighted by Crippen LogP contribution is 2.61. The van der Waals surface area contributed by atoms with E-state index in [1.54, 1.807) is 0 Å². The van der Waals surface area contributed by atoms with Crippen molar-refractivity contribution in [3.63, 3.8) is 0 Å². The molecule has 0 aromatic heterocycles. The molecule has 0 amide bonds. The van der Waals surface area contributed by atoms with Crippen LogP contribution in [0.2, 0.25) is 0 Å². The quantitative estimate of drug-likeness (QED) is 0.214. The van der Waals surface area contributed by atoms with Crippen molar-refractivity contribution in [2.45, 2.75) is 26.2 Å². The van der Waals surface area contributed by atoms with Crippen molar-refractivity contribution < 1.29 is 0 Å². The van der Waals surface area contributed by atoms with Gasteiger partial charge in [-0.1, -0.05) is 141 Å². The Morgan fingerprint density at radius 1 is 0.513 bits per heavy atom. The van der Waals surface area contributed by atoms with Crippen molar-refractivity contribution in [3.05, 3.63) is 127 Å². The van der Waals surface area contributed by atoms with Crippen LogP contribution >= 0.6 is 12.1 Å². The zero-order valence-corrected chi connectivity index (χ0v) is 25.6. The lowest BCUT2D eigenvalue weighted by atomic mass is 9.87. The zero-order valence-electron chi connectivity index (χ0n) is 22.2. The summed E-state index contributed by atoms with van der Waals surface area (Å²) in [5.74, 6) is 0. The van der Waals surface area contributed by atoms with Crippen molar-refractivity contribution in [1.82, 2.24) is 0 Å². The van der Waals surface area contributed by atoms with Crippen LogP contribution in [0.1, 0.15) is 26.3 Å². The average Bonchev–Trinajstić information content (AvgIpc) is 2.97. The van der Waals surface area contributed by atoms with Crippen molar-refractivity contribution >= 4 is 84.6 Å². The van der Waals surface area contributed by atoms with Gasteiger partial charge in [-0.15, -0.1) is 0 Å². The van der Waals surface area contributed by atoms with Crippen LogP contribution in [0.3, 0.4) is 0 Å². The van der Waals surface area contributed by atoms with Crippen LogP contribution in [0.4, 0.5) is 17.1 Å². The minimum absolute atomic E-state index is 0.0575. The number of para-hydroxylation sites is 2. The Morgan fingerprint density at radius 3 is 1.31 bits per heavy atom. The Kier molecular flexibility index (Phi) is 5.72. The van der Waals surface area contributed by atoms with Crippen LogP contribution in [0.15, 0.2) is 121 Å². The van der Waals surface area contributed by atoms with Gasteiger partial charge in [0.2, 0.25) is 0 Å². The molecular weight excluding hydrogens is 548 g/mol. The predicted molar refractivity (Wildman–Crippen MR) is 179 cm³/mol.